The van der Waals surface area contributed by atoms with Crippen LogP contribution in [0.4, 0.5) is 4.39 Å². The summed E-state index contributed by atoms with van der Waals surface area (Å²) in [4.78, 5) is 16.6. The van der Waals surface area contributed by atoms with Crippen molar-refractivity contribution in [2.75, 3.05) is 13.1 Å². The maximum absolute atomic E-state index is 14.6. The normalized spacial score (nSPS) is 14.3. The molecule has 1 aliphatic heterocycles. The number of aromatic hydroxyl groups is 1. The molecule has 2 aromatic heterocycles. The topological polar surface area (TPSA) is 81.3 Å². The molecule has 0 bridgehead atoms. The highest BCUT2D eigenvalue weighted by Crippen LogP contribution is 2.40. The molecule has 1 fully saturated rings. The first-order chi connectivity index (χ1) is 16.9. The minimum atomic E-state index is -0.512. The quantitative estimate of drug-likeness (QED) is 0.426. The Hall–Kier alpha value is -3.62. The second-order valence-electron chi connectivity index (χ2n) is 8.53. The Kier molecular flexibility index (Phi) is 6.32. The van der Waals surface area contributed by atoms with Gasteiger partial charge in [-0.15, -0.1) is 0 Å². The number of halogens is 2. The maximum Gasteiger partial charge on any atom is 0.332 e. The number of benzene rings is 2. The van der Waals surface area contributed by atoms with Crippen molar-refractivity contribution in [3.8, 4) is 39.6 Å². The second kappa shape index (κ2) is 9.56. The van der Waals surface area contributed by atoms with Crippen molar-refractivity contribution in [3.63, 3.8) is 0 Å². The summed E-state index contributed by atoms with van der Waals surface area (Å²) in [5, 5.41) is 14.6. The molecule has 1 aliphatic rings. The van der Waals surface area contributed by atoms with Crippen LogP contribution in [0.1, 0.15) is 12.8 Å². The zero-order valence-electron chi connectivity index (χ0n) is 19.0. The third-order valence-corrected chi connectivity index (χ3v) is 6.46. The fourth-order valence-electron chi connectivity index (χ4n) is 4.25. The molecule has 0 spiro atoms. The lowest BCUT2D eigenvalue weighted by molar-refractivity contribution is 0.156. The summed E-state index contributed by atoms with van der Waals surface area (Å²) in [6.45, 7) is 1.82. The molecule has 0 radical (unpaired) electrons. The number of aryl methyl sites for hydroxylation is 1. The zero-order chi connectivity index (χ0) is 24.5. The van der Waals surface area contributed by atoms with Gasteiger partial charge in [-0.05, 0) is 61.8 Å². The van der Waals surface area contributed by atoms with E-state index >= 15 is 0 Å². The monoisotopic (exact) mass is 494 g/mol. The van der Waals surface area contributed by atoms with Crippen molar-refractivity contribution < 1.29 is 14.2 Å². The van der Waals surface area contributed by atoms with Crippen LogP contribution in [0.3, 0.4) is 0 Å². The van der Waals surface area contributed by atoms with Crippen LogP contribution >= 0.6 is 11.6 Å². The number of phenols is 1. The van der Waals surface area contributed by atoms with E-state index in [0.29, 0.717) is 33.3 Å². The van der Waals surface area contributed by atoms with Crippen molar-refractivity contribution in [1.82, 2.24) is 19.4 Å². The molecular weight excluding hydrogens is 471 g/mol. The minimum absolute atomic E-state index is 0.0964. The van der Waals surface area contributed by atoms with Gasteiger partial charge in [-0.3, -0.25) is 4.57 Å². The van der Waals surface area contributed by atoms with E-state index in [0.717, 1.165) is 25.9 Å². The van der Waals surface area contributed by atoms with Gasteiger partial charge in [0.1, 0.15) is 17.7 Å². The highest BCUT2D eigenvalue weighted by atomic mass is 35.5. The fourth-order valence-corrected chi connectivity index (χ4v) is 4.52. The van der Waals surface area contributed by atoms with Crippen molar-refractivity contribution in [3.05, 3.63) is 82.4 Å². The number of piperidine rings is 1. The van der Waals surface area contributed by atoms with Gasteiger partial charge in [0.2, 0.25) is 5.88 Å². The average Bonchev–Trinajstić information content (AvgIpc) is 3.19. The van der Waals surface area contributed by atoms with Crippen LogP contribution in [-0.2, 0) is 7.05 Å². The maximum atomic E-state index is 14.6. The summed E-state index contributed by atoms with van der Waals surface area (Å²) in [6.07, 6.45) is 6.76. The number of phenolic OH excluding ortho intramolecular Hbond substituents is 1. The molecule has 7 nitrogen and oxygen atoms in total. The molecule has 1 saturated heterocycles. The summed E-state index contributed by atoms with van der Waals surface area (Å²) < 4.78 is 23.4. The number of nitrogens with one attached hydrogen (secondary N) is 1. The number of pyridine rings is 1. The number of imidazole rings is 1. The Bertz CT molecular complexity index is 1430. The smallest absolute Gasteiger partial charge is 0.332 e. The number of nitrogens with zero attached hydrogens (tertiary/aromatic N) is 3. The summed E-state index contributed by atoms with van der Waals surface area (Å²) in [5.41, 5.74) is 1.91. The standard InChI is InChI=1S/C26H24ClFN4O3/c1-31-10-11-32(26(31)34)23-4-2-16(12-22(23)27)20-13-18(28)14-21(25(20)33)17-3-5-24(30-15-17)35-19-6-8-29-9-7-19/h2-5,10-15,19,29,33H,6-9H2,1H3. The van der Waals surface area contributed by atoms with Gasteiger partial charge >= 0.3 is 5.69 Å². The molecule has 2 aromatic carbocycles. The first-order valence-electron chi connectivity index (χ1n) is 11.3. The Labute approximate surface area is 206 Å². The molecule has 0 amide bonds. The van der Waals surface area contributed by atoms with E-state index in [1.54, 1.807) is 56.0 Å². The van der Waals surface area contributed by atoms with E-state index in [2.05, 4.69) is 10.3 Å². The van der Waals surface area contributed by atoms with Gasteiger partial charge in [0.05, 0.1) is 10.7 Å². The van der Waals surface area contributed by atoms with Crippen molar-refractivity contribution in [2.24, 2.45) is 7.05 Å². The van der Waals surface area contributed by atoms with Crippen LogP contribution in [0, 0.1) is 5.82 Å². The molecule has 9 heteroatoms. The van der Waals surface area contributed by atoms with Crippen molar-refractivity contribution >= 4 is 11.6 Å². The van der Waals surface area contributed by atoms with E-state index in [4.69, 9.17) is 16.3 Å². The first kappa shape index (κ1) is 23.1. The van der Waals surface area contributed by atoms with E-state index < -0.39 is 5.82 Å². The second-order valence-corrected chi connectivity index (χ2v) is 8.94. The van der Waals surface area contributed by atoms with Crippen LogP contribution in [0.5, 0.6) is 11.6 Å². The van der Waals surface area contributed by atoms with Gasteiger partial charge in [0.15, 0.2) is 0 Å². The van der Waals surface area contributed by atoms with E-state index in [9.17, 15) is 14.3 Å². The average molecular weight is 495 g/mol. The lowest BCUT2D eigenvalue weighted by atomic mass is 9.97. The van der Waals surface area contributed by atoms with Gasteiger partial charge in [-0.2, -0.15) is 0 Å². The number of ether oxygens (including phenoxy) is 1. The largest absolute Gasteiger partial charge is 0.507 e. The van der Waals surface area contributed by atoms with E-state index in [1.807, 2.05) is 0 Å². The van der Waals surface area contributed by atoms with Gasteiger partial charge in [-0.25, -0.2) is 14.2 Å². The number of hydrogen-bond acceptors (Lipinski definition) is 5. The molecular formula is C26H24ClFN4O3. The van der Waals surface area contributed by atoms with Crippen LogP contribution in [0.15, 0.2) is 65.8 Å². The minimum Gasteiger partial charge on any atom is -0.507 e. The predicted octanol–water partition coefficient (Wildman–Crippen LogP) is 4.53. The molecule has 2 N–H and O–H groups in total. The first-order valence-corrected chi connectivity index (χ1v) is 11.7. The number of rotatable bonds is 5. The Morgan fingerprint density at radius 3 is 2.43 bits per heavy atom. The molecule has 35 heavy (non-hydrogen) atoms. The summed E-state index contributed by atoms with van der Waals surface area (Å²) in [7, 11) is 1.65. The molecule has 3 heterocycles. The Balaban J connectivity index is 1.46. The molecule has 180 valence electrons. The summed E-state index contributed by atoms with van der Waals surface area (Å²) in [5.74, 6) is -0.112. The molecule has 0 saturated carbocycles. The molecule has 0 unspecified atom stereocenters. The summed E-state index contributed by atoms with van der Waals surface area (Å²) in [6, 6.07) is 10.9. The molecule has 5 rings (SSSR count). The van der Waals surface area contributed by atoms with Crippen molar-refractivity contribution in [1.29, 1.82) is 0 Å². The predicted molar refractivity (Wildman–Crippen MR) is 133 cm³/mol. The molecule has 0 atom stereocenters. The van der Waals surface area contributed by atoms with Gasteiger partial charge in [0, 0.05) is 48.4 Å². The third kappa shape index (κ3) is 4.67. The number of hydrogen-bond donors (Lipinski definition) is 2. The highest BCUT2D eigenvalue weighted by molar-refractivity contribution is 6.32. The SMILES string of the molecule is Cn1ccn(-c2ccc(-c3cc(F)cc(-c4ccc(OC5CCNCC5)nc4)c3O)cc2Cl)c1=O. The number of aromatic nitrogens is 3. The molecule has 0 aliphatic carbocycles. The third-order valence-electron chi connectivity index (χ3n) is 6.16. The van der Waals surface area contributed by atoms with E-state index in [-0.39, 0.29) is 23.1 Å². The summed E-state index contributed by atoms with van der Waals surface area (Å²) >= 11 is 6.47. The van der Waals surface area contributed by atoms with Crippen LogP contribution in [0.2, 0.25) is 5.02 Å². The molecule has 4 aromatic rings. The lowest BCUT2D eigenvalue weighted by Crippen LogP contribution is -2.34. The highest BCUT2D eigenvalue weighted by Gasteiger charge is 2.18. The van der Waals surface area contributed by atoms with Gasteiger partial charge in [0.25, 0.3) is 0 Å². The Morgan fingerprint density at radius 1 is 1.09 bits per heavy atom. The van der Waals surface area contributed by atoms with E-state index in [1.165, 1.54) is 21.3 Å². The zero-order valence-corrected chi connectivity index (χ0v) is 19.8. The fraction of sp³-hybridized carbons (Fsp3) is 0.231. The Morgan fingerprint density at radius 2 is 1.80 bits per heavy atom. The van der Waals surface area contributed by atoms with Crippen LogP contribution in [-0.4, -0.2) is 38.4 Å². The van der Waals surface area contributed by atoms with Crippen LogP contribution in [0.25, 0.3) is 27.9 Å². The van der Waals surface area contributed by atoms with Crippen LogP contribution < -0.4 is 15.7 Å². The van der Waals surface area contributed by atoms with Gasteiger partial charge < -0.3 is 19.7 Å². The lowest BCUT2D eigenvalue weighted by Gasteiger charge is -2.23. The van der Waals surface area contributed by atoms with Gasteiger partial charge in [-0.1, -0.05) is 17.7 Å². The van der Waals surface area contributed by atoms with Crippen molar-refractivity contribution in [2.45, 2.75) is 18.9 Å².